The van der Waals surface area contributed by atoms with Gasteiger partial charge in [0.1, 0.15) is 6.10 Å². The number of cyclic esters (lactones) is 1. The van der Waals surface area contributed by atoms with Gasteiger partial charge in [-0.2, -0.15) is 0 Å². The summed E-state index contributed by atoms with van der Waals surface area (Å²) in [7, 11) is 2.56. The minimum Gasteiger partial charge on any atom is -0.466 e. The highest BCUT2D eigenvalue weighted by Crippen LogP contribution is 2.51. The Morgan fingerprint density at radius 1 is 0.873 bits per heavy atom. The molecule has 3 fully saturated rings. The van der Waals surface area contributed by atoms with Crippen molar-refractivity contribution in [2.45, 2.75) is 176 Å². The molecule has 55 heavy (non-hydrogen) atoms. The number of esters is 3. The lowest BCUT2D eigenvalue weighted by molar-refractivity contribution is -0.339. The van der Waals surface area contributed by atoms with Crippen molar-refractivity contribution in [1.29, 1.82) is 0 Å². The topological polar surface area (TPSA) is 188 Å². The average Bonchev–Trinajstić information content (AvgIpc) is 3.04. The molecule has 0 saturated carbocycles. The molecule has 4 aliphatic rings. The summed E-state index contributed by atoms with van der Waals surface area (Å²) in [5, 5.41) is 46.4. The second-order valence-corrected chi connectivity index (χ2v) is 16.4. The second kappa shape index (κ2) is 19.7. The number of hydrogen-bond acceptors (Lipinski definition) is 13. The molecule has 4 aliphatic heterocycles. The fraction of sp³-hybridized carbons (Fsp3) is 0.786. The lowest BCUT2D eigenvalue weighted by atomic mass is 9.66. The Morgan fingerprint density at radius 3 is 2.09 bits per heavy atom. The molecule has 13 heteroatoms. The SMILES string of the molecule is C.C.C.COC(=O)/C=C1/C[C@H]2C[C@]3(O)O[C@H](C[C@@H](O)CC(=O)O[C@@H]([C@@H](C)O)C[C@@H]4C/C(=C\C(=O)OC)[C@H](C)[C@@](O)(O4)C(C)(C)/C=C/[C@@H](C1)O2)C[C@H](C)C3(C)C. The van der Waals surface area contributed by atoms with Gasteiger partial charge >= 0.3 is 17.9 Å². The number of carbonyl (C=O) groups is 3. The minimum absolute atomic E-state index is 0. The first kappa shape index (κ1) is 50.4. The first-order valence-corrected chi connectivity index (χ1v) is 18.4. The Labute approximate surface area is 329 Å². The lowest BCUT2D eigenvalue weighted by Gasteiger charge is -2.54. The van der Waals surface area contributed by atoms with Crippen molar-refractivity contribution in [3.8, 4) is 0 Å². The molecule has 0 unspecified atom stereocenters. The van der Waals surface area contributed by atoms with Crippen molar-refractivity contribution < 1.29 is 63.2 Å². The van der Waals surface area contributed by atoms with Crippen LogP contribution in [-0.2, 0) is 42.8 Å². The van der Waals surface area contributed by atoms with E-state index in [4.69, 9.17) is 28.4 Å². The molecule has 0 radical (unpaired) electrons. The zero-order valence-corrected chi connectivity index (χ0v) is 32.1. The molecule has 0 amide bonds. The van der Waals surface area contributed by atoms with Gasteiger partial charge in [0.15, 0.2) is 11.6 Å². The largest absolute Gasteiger partial charge is 0.466 e. The zero-order chi connectivity index (χ0) is 38.8. The molecule has 11 atom stereocenters. The van der Waals surface area contributed by atoms with Gasteiger partial charge in [0.25, 0.3) is 0 Å². The van der Waals surface area contributed by atoms with Gasteiger partial charge in [-0.05, 0) is 38.5 Å². The summed E-state index contributed by atoms with van der Waals surface area (Å²) in [5.41, 5.74) is -0.560. The smallest absolute Gasteiger partial charge is 0.330 e. The van der Waals surface area contributed by atoms with Crippen molar-refractivity contribution in [1.82, 2.24) is 0 Å². The van der Waals surface area contributed by atoms with E-state index in [1.165, 1.54) is 33.3 Å². The van der Waals surface area contributed by atoms with E-state index in [1.54, 1.807) is 32.9 Å². The van der Waals surface area contributed by atoms with Crippen LogP contribution in [0.25, 0.3) is 0 Å². The van der Waals surface area contributed by atoms with Gasteiger partial charge in [0.05, 0.1) is 57.3 Å². The number of aliphatic hydroxyl groups is 4. The number of fused-ring (bicyclic) bond motifs is 6. The van der Waals surface area contributed by atoms with Crippen molar-refractivity contribution in [3.63, 3.8) is 0 Å². The summed E-state index contributed by atoms with van der Waals surface area (Å²) in [6.07, 6.45) is 1.53. The number of hydrogen-bond donors (Lipinski definition) is 4. The Hall–Kier alpha value is -2.65. The molecule has 0 spiro atoms. The average molecular weight is 785 g/mol. The number of rotatable bonds is 3. The molecule has 13 nitrogen and oxygen atoms in total. The zero-order valence-electron chi connectivity index (χ0n) is 32.1. The fourth-order valence-electron chi connectivity index (χ4n) is 8.06. The highest BCUT2D eigenvalue weighted by Gasteiger charge is 2.56. The highest BCUT2D eigenvalue weighted by molar-refractivity contribution is 5.83. The number of aliphatic hydroxyl groups excluding tert-OH is 2. The highest BCUT2D eigenvalue weighted by atomic mass is 16.6. The molecule has 0 aliphatic carbocycles. The third kappa shape index (κ3) is 11.5. The van der Waals surface area contributed by atoms with Crippen LogP contribution < -0.4 is 0 Å². The number of carbonyl (C=O) groups excluding carboxylic acids is 3. The van der Waals surface area contributed by atoms with Crippen molar-refractivity contribution in [2.24, 2.45) is 22.7 Å². The van der Waals surface area contributed by atoms with E-state index in [0.29, 0.717) is 24.8 Å². The Bertz CT molecular complexity index is 1400. The van der Waals surface area contributed by atoms with Gasteiger partial charge in [-0.25, -0.2) is 9.59 Å². The fourth-order valence-corrected chi connectivity index (χ4v) is 8.06. The van der Waals surface area contributed by atoms with Gasteiger partial charge in [-0.1, -0.05) is 87.1 Å². The van der Waals surface area contributed by atoms with Crippen LogP contribution in [0.2, 0.25) is 0 Å². The van der Waals surface area contributed by atoms with Crippen molar-refractivity contribution in [3.05, 3.63) is 35.5 Å². The summed E-state index contributed by atoms with van der Waals surface area (Å²) < 4.78 is 34.9. The lowest BCUT2D eigenvalue weighted by Crippen LogP contribution is -2.59. The van der Waals surface area contributed by atoms with Gasteiger partial charge in [0, 0.05) is 48.2 Å². The first-order chi connectivity index (χ1) is 24.1. The quantitative estimate of drug-likeness (QED) is 0.118. The van der Waals surface area contributed by atoms with Crippen LogP contribution in [0.4, 0.5) is 0 Å². The van der Waals surface area contributed by atoms with Crippen molar-refractivity contribution >= 4 is 17.9 Å². The van der Waals surface area contributed by atoms with E-state index >= 15 is 0 Å². The number of methoxy groups -OCH3 is 2. The maximum Gasteiger partial charge on any atom is 0.330 e. The normalized spacial score (nSPS) is 39.0. The molecule has 0 aromatic carbocycles. The van der Waals surface area contributed by atoms with Crippen LogP contribution in [-0.4, -0.2) is 107 Å². The van der Waals surface area contributed by atoms with Gasteiger partial charge in [-0.3, -0.25) is 4.79 Å². The Morgan fingerprint density at radius 2 is 1.49 bits per heavy atom. The molecule has 4 N–H and O–H groups in total. The van der Waals surface area contributed by atoms with Gasteiger partial charge < -0.3 is 48.8 Å². The summed E-state index contributed by atoms with van der Waals surface area (Å²) >= 11 is 0. The predicted molar refractivity (Wildman–Crippen MR) is 208 cm³/mol. The van der Waals surface area contributed by atoms with Crippen molar-refractivity contribution in [2.75, 3.05) is 14.2 Å². The molecular formula is C42H72O13. The van der Waals surface area contributed by atoms with Gasteiger partial charge in [0.2, 0.25) is 0 Å². The third-order valence-electron chi connectivity index (χ3n) is 11.9. The first-order valence-electron chi connectivity index (χ1n) is 18.4. The molecule has 0 aromatic rings. The molecule has 3 saturated heterocycles. The van der Waals surface area contributed by atoms with E-state index in [9.17, 15) is 34.8 Å². The molecular weight excluding hydrogens is 712 g/mol. The van der Waals surface area contributed by atoms with E-state index in [1.807, 2.05) is 20.8 Å². The molecule has 6 bridgehead atoms. The van der Waals surface area contributed by atoms with Gasteiger partial charge in [-0.15, -0.1) is 0 Å². The summed E-state index contributed by atoms with van der Waals surface area (Å²) in [4.78, 5) is 38.0. The summed E-state index contributed by atoms with van der Waals surface area (Å²) in [6.45, 7) is 12.7. The van der Waals surface area contributed by atoms with E-state index < -0.39 is 89.0 Å². The van der Waals surface area contributed by atoms with E-state index in [0.717, 1.165) is 5.57 Å². The van der Waals surface area contributed by atoms with Crippen LogP contribution >= 0.6 is 0 Å². The predicted octanol–water partition coefficient (Wildman–Crippen LogP) is 5.70. The maximum atomic E-state index is 13.2. The van der Waals surface area contributed by atoms with Crippen LogP contribution in [0.15, 0.2) is 35.5 Å². The molecule has 318 valence electrons. The summed E-state index contributed by atoms with van der Waals surface area (Å²) in [5.74, 6) is -6.21. The third-order valence-corrected chi connectivity index (χ3v) is 11.9. The Kier molecular flexibility index (Phi) is 18.0. The van der Waals surface area contributed by atoms with Crippen LogP contribution in [0, 0.1) is 22.7 Å². The minimum atomic E-state index is -1.91. The van der Waals surface area contributed by atoms with Crippen LogP contribution in [0.5, 0.6) is 0 Å². The second-order valence-electron chi connectivity index (χ2n) is 16.4. The van der Waals surface area contributed by atoms with Crippen LogP contribution in [0.1, 0.15) is 122 Å². The Balaban J connectivity index is 0.00000504. The summed E-state index contributed by atoms with van der Waals surface area (Å²) in [6, 6.07) is 0. The maximum absolute atomic E-state index is 13.2. The standard InChI is InChI=1S/C39H60O13.3CH4/c1-22-12-29-18-27(41)19-35(44)50-32(24(3)40)20-30-16-26(17-34(43)48-9)23(2)39(46,52-30)36(4,5)11-10-28-13-25(15-33(42)47-8)14-31(49-28)21-38(45,51-29)37(22,6)7;;;/h10-11,15,17,22-24,27-32,40-41,45-46H,12-14,16,18-21H2,1-9H3;3*1H4/b11-10+,25-15+,26-17+;;;/t22-,23-,24+,27+,28-,29-,30-,31-,32+,38-,39+;;;/m0.../s1. The molecule has 4 rings (SSSR count). The molecule has 4 heterocycles. The number of ether oxygens (including phenoxy) is 6. The van der Waals surface area contributed by atoms with E-state index in [2.05, 4.69) is 0 Å². The van der Waals surface area contributed by atoms with Crippen LogP contribution in [0.3, 0.4) is 0 Å². The van der Waals surface area contributed by atoms with E-state index in [-0.39, 0.29) is 60.3 Å². The molecule has 0 aromatic heterocycles. The monoisotopic (exact) mass is 784 g/mol.